The van der Waals surface area contributed by atoms with E-state index in [0.29, 0.717) is 12.5 Å². The molecule has 2 heterocycles. The molecule has 26 heavy (non-hydrogen) atoms. The van der Waals surface area contributed by atoms with Gasteiger partial charge in [-0.25, -0.2) is 0 Å². The average molecular weight is 356 g/mol. The minimum absolute atomic E-state index is 0.00273. The second kappa shape index (κ2) is 8.47. The molecule has 2 aromatic rings. The highest BCUT2D eigenvalue weighted by atomic mass is 16.5. The lowest BCUT2D eigenvalue weighted by Crippen LogP contribution is -2.47. The quantitative estimate of drug-likeness (QED) is 0.862. The van der Waals surface area contributed by atoms with Gasteiger partial charge in [-0.3, -0.25) is 14.4 Å². The molecule has 1 aliphatic heterocycles. The Kier molecular flexibility index (Phi) is 6.06. The monoisotopic (exact) mass is 356 g/mol. The predicted octanol–water partition coefficient (Wildman–Crippen LogP) is 2.25. The van der Waals surface area contributed by atoms with E-state index in [9.17, 15) is 4.79 Å². The van der Waals surface area contributed by atoms with Gasteiger partial charge in [-0.15, -0.1) is 0 Å². The maximum Gasteiger partial charge on any atom is 0.238 e. The lowest BCUT2D eigenvalue weighted by Gasteiger charge is -2.37. The molecule has 1 amide bonds. The summed E-state index contributed by atoms with van der Waals surface area (Å²) >= 11 is 0. The van der Waals surface area contributed by atoms with Crippen molar-refractivity contribution in [1.29, 1.82) is 0 Å². The first-order valence-electron chi connectivity index (χ1n) is 9.12. The Morgan fingerprint density at radius 3 is 2.77 bits per heavy atom. The standard InChI is InChI=1S/C20H28N4O2/c1-15-4-6-16(7-5-15)10-17-12-24(9-8-19(17)26-3)14-20(25)22-18-11-21-23(2)13-18/h4-7,11,13,17,19H,8-10,12,14H2,1-3H3,(H,22,25)/t17-,19-/m1/s1. The van der Waals surface area contributed by atoms with Gasteiger partial charge in [0.15, 0.2) is 0 Å². The molecule has 6 nitrogen and oxygen atoms in total. The molecule has 1 N–H and O–H groups in total. The Morgan fingerprint density at radius 2 is 2.12 bits per heavy atom. The molecule has 0 bridgehead atoms. The van der Waals surface area contributed by atoms with Crippen LogP contribution in [0.15, 0.2) is 36.7 Å². The van der Waals surface area contributed by atoms with Gasteiger partial charge >= 0.3 is 0 Å². The van der Waals surface area contributed by atoms with Crippen molar-refractivity contribution in [3.8, 4) is 0 Å². The van der Waals surface area contributed by atoms with Gasteiger partial charge in [0.05, 0.1) is 24.5 Å². The first-order chi connectivity index (χ1) is 12.5. The molecule has 1 fully saturated rings. The zero-order valence-electron chi connectivity index (χ0n) is 15.8. The van der Waals surface area contributed by atoms with Crippen LogP contribution in [0, 0.1) is 12.8 Å². The van der Waals surface area contributed by atoms with Crippen LogP contribution >= 0.6 is 0 Å². The average Bonchev–Trinajstić information content (AvgIpc) is 3.02. The molecule has 1 aromatic heterocycles. The van der Waals surface area contributed by atoms with Crippen molar-refractivity contribution in [2.45, 2.75) is 25.9 Å². The summed E-state index contributed by atoms with van der Waals surface area (Å²) in [6.07, 6.45) is 5.63. The minimum atomic E-state index is 0.00273. The number of benzene rings is 1. The molecule has 6 heteroatoms. The van der Waals surface area contributed by atoms with Crippen LogP contribution in [-0.2, 0) is 23.0 Å². The first-order valence-corrected chi connectivity index (χ1v) is 9.12. The summed E-state index contributed by atoms with van der Waals surface area (Å²) < 4.78 is 7.39. The Labute approximate surface area is 155 Å². The molecule has 1 aliphatic rings. The number of piperidine rings is 1. The molecule has 140 valence electrons. The van der Waals surface area contributed by atoms with Gasteiger partial charge in [0, 0.05) is 39.4 Å². The van der Waals surface area contributed by atoms with Crippen molar-refractivity contribution in [2.24, 2.45) is 13.0 Å². The van der Waals surface area contributed by atoms with Crippen LogP contribution in [0.4, 0.5) is 5.69 Å². The Morgan fingerprint density at radius 1 is 1.35 bits per heavy atom. The molecular weight excluding hydrogens is 328 g/mol. The summed E-state index contributed by atoms with van der Waals surface area (Å²) in [6, 6.07) is 8.68. The summed E-state index contributed by atoms with van der Waals surface area (Å²) in [5, 5.41) is 6.99. The van der Waals surface area contributed by atoms with Gasteiger partial charge in [0.1, 0.15) is 0 Å². The SMILES string of the molecule is CO[C@@H]1CCN(CC(=O)Nc2cnn(C)c2)C[C@H]1Cc1ccc(C)cc1. The van der Waals surface area contributed by atoms with Gasteiger partial charge in [-0.2, -0.15) is 5.10 Å². The number of carbonyl (C=O) groups excluding carboxylic acids is 1. The molecule has 2 atom stereocenters. The topological polar surface area (TPSA) is 59.4 Å². The van der Waals surface area contributed by atoms with E-state index in [4.69, 9.17) is 4.74 Å². The Balaban J connectivity index is 1.57. The highest BCUT2D eigenvalue weighted by molar-refractivity contribution is 5.91. The van der Waals surface area contributed by atoms with Crippen LogP contribution in [0.25, 0.3) is 0 Å². The van der Waals surface area contributed by atoms with Gasteiger partial charge in [-0.05, 0) is 25.3 Å². The van der Waals surface area contributed by atoms with E-state index in [2.05, 4.69) is 46.5 Å². The highest BCUT2D eigenvalue weighted by Crippen LogP contribution is 2.24. The van der Waals surface area contributed by atoms with Gasteiger partial charge in [0.25, 0.3) is 0 Å². The summed E-state index contributed by atoms with van der Waals surface area (Å²) in [7, 11) is 3.62. The Hall–Kier alpha value is -2.18. The van der Waals surface area contributed by atoms with E-state index >= 15 is 0 Å². The van der Waals surface area contributed by atoms with Crippen LogP contribution in [0.1, 0.15) is 17.5 Å². The lowest BCUT2D eigenvalue weighted by atomic mass is 9.88. The zero-order chi connectivity index (χ0) is 18.5. The number of nitrogens with one attached hydrogen (secondary N) is 1. The van der Waals surface area contributed by atoms with Crippen molar-refractivity contribution in [1.82, 2.24) is 14.7 Å². The minimum Gasteiger partial charge on any atom is -0.381 e. The fraction of sp³-hybridized carbons (Fsp3) is 0.500. The number of nitrogens with zero attached hydrogens (tertiary/aromatic N) is 3. The van der Waals surface area contributed by atoms with Crippen LogP contribution in [0.2, 0.25) is 0 Å². The number of aryl methyl sites for hydroxylation is 2. The van der Waals surface area contributed by atoms with E-state index < -0.39 is 0 Å². The highest BCUT2D eigenvalue weighted by Gasteiger charge is 2.30. The third kappa shape index (κ3) is 4.93. The molecule has 0 unspecified atom stereocenters. The summed E-state index contributed by atoms with van der Waals surface area (Å²) in [4.78, 5) is 14.5. The number of carbonyl (C=O) groups is 1. The second-order valence-electron chi connectivity index (χ2n) is 7.20. The zero-order valence-corrected chi connectivity index (χ0v) is 15.8. The maximum atomic E-state index is 12.3. The number of likely N-dealkylation sites (tertiary alicyclic amines) is 1. The van der Waals surface area contributed by atoms with Crippen LogP contribution in [0.3, 0.4) is 0 Å². The fourth-order valence-corrected chi connectivity index (χ4v) is 3.65. The van der Waals surface area contributed by atoms with E-state index in [-0.39, 0.29) is 12.0 Å². The molecule has 3 rings (SSSR count). The van der Waals surface area contributed by atoms with E-state index in [1.165, 1.54) is 11.1 Å². The van der Waals surface area contributed by atoms with Gasteiger partial charge < -0.3 is 10.1 Å². The summed E-state index contributed by atoms with van der Waals surface area (Å²) in [5.74, 6) is 0.394. The van der Waals surface area contributed by atoms with Gasteiger partial charge in [-0.1, -0.05) is 29.8 Å². The number of hydrogen-bond donors (Lipinski definition) is 1. The number of anilines is 1. The van der Waals surface area contributed by atoms with Crippen LogP contribution in [0.5, 0.6) is 0 Å². The third-order valence-electron chi connectivity index (χ3n) is 5.03. The molecule has 0 spiro atoms. The molecule has 0 radical (unpaired) electrons. The smallest absolute Gasteiger partial charge is 0.238 e. The summed E-state index contributed by atoms with van der Waals surface area (Å²) in [6.45, 7) is 4.25. The number of rotatable bonds is 6. The number of hydrogen-bond acceptors (Lipinski definition) is 4. The van der Waals surface area contributed by atoms with Crippen molar-refractivity contribution < 1.29 is 9.53 Å². The van der Waals surface area contributed by atoms with Crippen molar-refractivity contribution in [3.05, 3.63) is 47.8 Å². The third-order valence-corrected chi connectivity index (χ3v) is 5.03. The van der Waals surface area contributed by atoms with E-state index in [1.54, 1.807) is 24.2 Å². The van der Waals surface area contributed by atoms with E-state index in [0.717, 1.165) is 31.6 Å². The van der Waals surface area contributed by atoms with Crippen molar-refractivity contribution in [3.63, 3.8) is 0 Å². The normalized spacial score (nSPS) is 20.9. The Bertz CT molecular complexity index is 726. The number of amides is 1. The number of ether oxygens (including phenoxy) is 1. The van der Waals surface area contributed by atoms with Crippen molar-refractivity contribution in [2.75, 3.05) is 32.1 Å². The van der Waals surface area contributed by atoms with E-state index in [1.807, 2.05) is 7.05 Å². The molecule has 1 saturated heterocycles. The first kappa shape index (κ1) is 18.6. The lowest BCUT2D eigenvalue weighted by molar-refractivity contribution is -0.118. The predicted molar refractivity (Wildman–Crippen MR) is 102 cm³/mol. The van der Waals surface area contributed by atoms with Crippen LogP contribution < -0.4 is 5.32 Å². The second-order valence-corrected chi connectivity index (χ2v) is 7.20. The largest absolute Gasteiger partial charge is 0.381 e. The summed E-state index contributed by atoms with van der Waals surface area (Å²) in [5.41, 5.74) is 3.33. The maximum absolute atomic E-state index is 12.3. The van der Waals surface area contributed by atoms with Gasteiger partial charge in [0.2, 0.25) is 5.91 Å². The fourth-order valence-electron chi connectivity index (χ4n) is 3.65. The molecule has 0 aliphatic carbocycles. The molecule has 0 saturated carbocycles. The number of methoxy groups -OCH3 is 1. The van der Waals surface area contributed by atoms with Crippen LogP contribution in [-0.4, -0.2) is 53.4 Å². The van der Waals surface area contributed by atoms with Crippen molar-refractivity contribution >= 4 is 11.6 Å². The number of aromatic nitrogens is 2. The molecule has 1 aromatic carbocycles. The molecular formula is C20H28N4O2.